The minimum atomic E-state index is -0.725. The lowest BCUT2D eigenvalue weighted by Gasteiger charge is -2.45. The van der Waals surface area contributed by atoms with Crippen molar-refractivity contribution in [2.45, 2.75) is 11.8 Å². The molecule has 3 aliphatic carbocycles. The van der Waals surface area contributed by atoms with Crippen molar-refractivity contribution in [1.29, 1.82) is 0 Å². The number of Topliss-reactive ketones (excluding diaryl/α,β-unsaturated/α-hetero) is 1. The van der Waals surface area contributed by atoms with E-state index in [1.54, 1.807) is 24.3 Å². The molecule has 8 rings (SSSR count). The molecule has 4 aromatic carbocycles. The zero-order chi connectivity index (χ0) is 30.0. The molecule has 2 atom stereocenters. The Kier molecular flexibility index (Phi) is 6.60. The number of ketones is 1. The SMILES string of the molecule is COc1cccc(C(=O)CN(C(=O)c2ccc(Cl)c(Cl)c2)N2C(=O)[C@@H]3C4c5ccccc5C(c5ccccc54)[C@@H]3C2=O)c1. The topological polar surface area (TPSA) is 84.0 Å². The summed E-state index contributed by atoms with van der Waals surface area (Å²) in [7, 11) is 1.48. The lowest BCUT2D eigenvalue weighted by Crippen LogP contribution is -2.52. The molecule has 2 bridgehead atoms. The van der Waals surface area contributed by atoms with Gasteiger partial charge in [0, 0.05) is 23.0 Å². The number of hydrazine groups is 1. The maximum absolute atomic E-state index is 14.4. The number of carbonyl (C=O) groups is 4. The Morgan fingerprint density at radius 2 is 1.28 bits per heavy atom. The Labute approximate surface area is 257 Å². The highest BCUT2D eigenvalue weighted by atomic mass is 35.5. The van der Waals surface area contributed by atoms with E-state index in [0.717, 1.165) is 32.3 Å². The van der Waals surface area contributed by atoms with E-state index < -0.39 is 41.9 Å². The summed E-state index contributed by atoms with van der Waals surface area (Å²) < 4.78 is 5.26. The highest BCUT2D eigenvalue weighted by molar-refractivity contribution is 6.42. The first-order valence-electron chi connectivity index (χ1n) is 13.8. The summed E-state index contributed by atoms with van der Waals surface area (Å²) in [4.78, 5) is 56.5. The molecule has 7 nitrogen and oxygen atoms in total. The Balaban J connectivity index is 1.33. The summed E-state index contributed by atoms with van der Waals surface area (Å²) in [6.45, 7) is -0.557. The highest BCUT2D eigenvalue weighted by Crippen LogP contribution is 2.61. The van der Waals surface area contributed by atoms with Crippen LogP contribution in [0.5, 0.6) is 5.75 Å². The van der Waals surface area contributed by atoms with Crippen LogP contribution in [-0.4, -0.2) is 47.2 Å². The van der Waals surface area contributed by atoms with Gasteiger partial charge in [0.1, 0.15) is 12.3 Å². The van der Waals surface area contributed by atoms with Gasteiger partial charge in [-0.25, -0.2) is 5.01 Å². The number of rotatable bonds is 6. The van der Waals surface area contributed by atoms with E-state index in [-0.39, 0.29) is 33.0 Å². The number of hydrogen-bond acceptors (Lipinski definition) is 5. The summed E-state index contributed by atoms with van der Waals surface area (Å²) in [6, 6.07) is 26.5. The molecule has 9 heteroatoms. The van der Waals surface area contributed by atoms with Crippen LogP contribution in [0, 0.1) is 11.8 Å². The molecule has 0 aromatic heterocycles. The Hall–Kier alpha value is -4.46. The molecule has 4 aromatic rings. The van der Waals surface area contributed by atoms with Gasteiger partial charge in [0.2, 0.25) is 0 Å². The van der Waals surface area contributed by atoms with Gasteiger partial charge in [0.25, 0.3) is 17.7 Å². The predicted octanol–water partition coefficient (Wildman–Crippen LogP) is 6.13. The summed E-state index contributed by atoms with van der Waals surface area (Å²) >= 11 is 12.3. The summed E-state index contributed by atoms with van der Waals surface area (Å²) in [5.41, 5.74) is 4.37. The second-order valence-electron chi connectivity index (χ2n) is 10.9. The van der Waals surface area contributed by atoms with Crippen molar-refractivity contribution < 1.29 is 23.9 Å². The fourth-order valence-corrected chi connectivity index (χ4v) is 7.23. The van der Waals surface area contributed by atoms with Gasteiger partial charge in [0.15, 0.2) is 5.78 Å². The first kappa shape index (κ1) is 27.4. The number of imide groups is 1. The average Bonchev–Trinajstić information content (AvgIpc) is 3.30. The lowest BCUT2D eigenvalue weighted by atomic mass is 9.55. The van der Waals surface area contributed by atoms with Crippen molar-refractivity contribution in [3.63, 3.8) is 0 Å². The van der Waals surface area contributed by atoms with E-state index >= 15 is 0 Å². The normalized spacial score (nSPS) is 21.2. The summed E-state index contributed by atoms with van der Waals surface area (Å²) in [5, 5.41) is 2.22. The Morgan fingerprint density at radius 3 is 1.79 bits per heavy atom. The van der Waals surface area contributed by atoms with E-state index in [4.69, 9.17) is 27.9 Å². The van der Waals surface area contributed by atoms with Crippen molar-refractivity contribution >= 4 is 46.7 Å². The van der Waals surface area contributed by atoms with Gasteiger partial charge in [-0.15, -0.1) is 0 Å². The van der Waals surface area contributed by atoms with Crippen molar-refractivity contribution in [1.82, 2.24) is 10.0 Å². The quantitative estimate of drug-likeness (QED) is 0.194. The van der Waals surface area contributed by atoms with Crippen molar-refractivity contribution in [2.24, 2.45) is 11.8 Å². The molecule has 0 N–H and O–H groups in total. The van der Waals surface area contributed by atoms with Crippen LogP contribution in [0.2, 0.25) is 10.0 Å². The van der Waals surface area contributed by atoms with E-state index in [2.05, 4.69) is 0 Å². The molecular weight excluding hydrogens is 587 g/mol. The van der Waals surface area contributed by atoms with E-state index in [0.29, 0.717) is 5.75 Å². The standard InChI is InChI=1S/C34H24Cl2N2O5/c1-43-20-8-6-7-18(15-20)27(39)17-37(32(40)19-13-14-25(35)26(36)16-19)38-33(41)30-28-21-9-2-3-10-22(21)29(31(30)34(38)42)24-12-5-4-11-23(24)28/h2-16,28-31H,17H2,1H3/t28?,29?,30-,31+. The fraction of sp³-hybridized carbons (Fsp3) is 0.176. The summed E-state index contributed by atoms with van der Waals surface area (Å²) in [5.74, 6) is -3.94. The Morgan fingerprint density at radius 1 is 0.721 bits per heavy atom. The van der Waals surface area contributed by atoms with Crippen molar-refractivity contribution in [3.8, 4) is 5.75 Å². The van der Waals surface area contributed by atoms with Crippen LogP contribution < -0.4 is 4.74 Å². The van der Waals surface area contributed by atoms with Gasteiger partial charge in [-0.2, -0.15) is 5.01 Å². The zero-order valence-corrected chi connectivity index (χ0v) is 24.4. The third-order valence-corrected chi connectivity index (χ3v) is 9.49. The first-order chi connectivity index (χ1) is 20.8. The van der Waals surface area contributed by atoms with Crippen LogP contribution in [0.3, 0.4) is 0 Å². The zero-order valence-electron chi connectivity index (χ0n) is 22.9. The number of carbonyl (C=O) groups excluding carboxylic acids is 4. The fourth-order valence-electron chi connectivity index (χ4n) is 6.93. The number of halogens is 2. The number of amides is 3. The minimum Gasteiger partial charge on any atom is -0.497 e. The van der Waals surface area contributed by atoms with E-state index in [1.165, 1.54) is 25.3 Å². The van der Waals surface area contributed by atoms with Crippen LogP contribution in [0.4, 0.5) is 0 Å². The molecule has 0 saturated carbocycles. The summed E-state index contributed by atoms with van der Waals surface area (Å²) in [6.07, 6.45) is 0. The second-order valence-corrected chi connectivity index (χ2v) is 11.7. The van der Waals surface area contributed by atoms with Gasteiger partial charge in [-0.05, 0) is 52.6 Å². The molecule has 3 amide bonds. The van der Waals surface area contributed by atoms with Gasteiger partial charge >= 0.3 is 0 Å². The number of methoxy groups -OCH3 is 1. The van der Waals surface area contributed by atoms with Crippen LogP contribution in [0.15, 0.2) is 91.0 Å². The smallest absolute Gasteiger partial charge is 0.273 e. The second kappa shape index (κ2) is 10.4. The van der Waals surface area contributed by atoms with Crippen LogP contribution in [-0.2, 0) is 9.59 Å². The third kappa shape index (κ3) is 4.18. The van der Waals surface area contributed by atoms with Crippen LogP contribution in [0.25, 0.3) is 0 Å². The molecule has 1 fully saturated rings. The lowest BCUT2D eigenvalue weighted by molar-refractivity contribution is -0.154. The van der Waals surface area contributed by atoms with Crippen molar-refractivity contribution in [3.05, 3.63) is 134 Å². The maximum Gasteiger partial charge on any atom is 0.273 e. The van der Waals surface area contributed by atoms with Crippen LogP contribution >= 0.6 is 23.2 Å². The molecule has 4 aliphatic rings. The van der Waals surface area contributed by atoms with Gasteiger partial charge in [0.05, 0.1) is 29.0 Å². The molecule has 214 valence electrons. The Bertz CT molecular complexity index is 1740. The molecule has 1 heterocycles. The molecule has 0 radical (unpaired) electrons. The van der Waals surface area contributed by atoms with E-state index in [1.807, 2.05) is 48.5 Å². The monoisotopic (exact) mass is 610 g/mol. The predicted molar refractivity (Wildman–Crippen MR) is 160 cm³/mol. The molecule has 0 spiro atoms. The number of benzene rings is 4. The first-order valence-corrected chi connectivity index (χ1v) is 14.5. The largest absolute Gasteiger partial charge is 0.497 e. The minimum absolute atomic E-state index is 0.0814. The van der Waals surface area contributed by atoms with E-state index in [9.17, 15) is 19.2 Å². The molecule has 1 aliphatic heterocycles. The van der Waals surface area contributed by atoms with Crippen molar-refractivity contribution in [2.75, 3.05) is 13.7 Å². The number of nitrogens with zero attached hydrogens (tertiary/aromatic N) is 2. The highest BCUT2D eigenvalue weighted by Gasteiger charge is 2.63. The third-order valence-electron chi connectivity index (χ3n) is 8.75. The molecular formula is C34H24Cl2N2O5. The van der Waals surface area contributed by atoms with Gasteiger partial charge in [-0.3, -0.25) is 19.2 Å². The maximum atomic E-state index is 14.4. The number of hydrogen-bond donors (Lipinski definition) is 0. The number of ether oxygens (including phenoxy) is 1. The molecule has 1 saturated heterocycles. The van der Waals surface area contributed by atoms with Gasteiger partial charge < -0.3 is 4.74 Å². The van der Waals surface area contributed by atoms with Crippen LogP contribution in [0.1, 0.15) is 54.8 Å². The average molecular weight is 611 g/mol. The molecule has 43 heavy (non-hydrogen) atoms. The molecule has 0 unspecified atom stereocenters. The van der Waals surface area contributed by atoms with Gasteiger partial charge in [-0.1, -0.05) is 83.9 Å².